The van der Waals surface area contributed by atoms with Crippen molar-refractivity contribution in [3.63, 3.8) is 0 Å². The molecule has 0 aromatic heterocycles. The summed E-state index contributed by atoms with van der Waals surface area (Å²) in [6, 6.07) is 13.9. The number of rotatable bonds is 11. The molecule has 2 aromatic carbocycles. The van der Waals surface area contributed by atoms with Crippen molar-refractivity contribution in [2.24, 2.45) is 5.92 Å². The lowest BCUT2D eigenvalue weighted by Gasteiger charge is -2.15. The molecule has 1 unspecified atom stereocenters. The molecule has 0 aliphatic rings. The Hall–Kier alpha value is -3.08. The van der Waals surface area contributed by atoms with E-state index < -0.39 is 11.9 Å². The second kappa shape index (κ2) is 12.5. The van der Waals surface area contributed by atoms with E-state index in [1.807, 2.05) is 12.1 Å². The first-order valence-electron chi connectivity index (χ1n) is 10.4. The number of carbonyl (C=O) groups is 2. The fraction of sp³-hybridized carbons (Fsp3) is 0.360. The van der Waals surface area contributed by atoms with Gasteiger partial charge in [-0.1, -0.05) is 57.4 Å². The first-order chi connectivity index (χ1) is 14.6. The van der Waals surface area contributed by atoms with Crippen LogP contribution in [0.5, 0.6) is 11.5 Å². The Kier molecular flexibility index (Phi) is 9.65. The van der Waals surface area contributed by atoms with Gasteiger partial charge in [-0.2, -0.15) is 0 Å². The van der Waals surface area contributed by atoms with Gasteiger partial charge in [0.05, 0.1) is 13.7 Å². The molecule has 0 aliphatic heterocycles. The number of unbranched alkanes of at least 4 members (excludes halogenated alkanes) is 1. The molecule has 5 heteroatoms. The molecule has 5 nitrogen and oxygen atoms in total. The number of esters is 2. The molecule has 0 heterocycles. The van der Waals surface area contributed by atoms with Crippen LogP contribution in [0, 0.1) is 5.92 Å². The summed E-state index contributed by atoms with van der Waals surface area (Å²) in [4.78, 5) is 24.8. The van der Waals surface area contributed by atoms with Gasteiger partial charge in [0.1, 0.15) is 17.1 Å². The number of carbonyl (C=O) groups excluding carboxylic acids is 2. The zero-order chi connectivity index (χ0) is 21.8. The first-order valence-corrected chi connectivity index (χ1v) is 10.4. The standard InChI is InChI=1S/C25H30O5/c1-4-6-9-19(5-2)18-29-25(27)22-10-7-8-11-23(22)30-24(26)17-14-20-12-15-21(28-3)16-13-20/h7-8,10-17,19H,4-6,9,18H2,1-3H3. The minimum atomic E-state index is -0.569. The molecule has 0 amide bonds. The van der Waals surface area contributed by atoms with Crippen LogP contribution in [0.3, 0.4) is 0 Å². The molecule has 160 valence electrons. The van der Waals surface area contributed by atoms with Gasteiger partial charge in [0.15, 0.2) is 0 Å². The predicted molar refractivity (Wildman–Crippen MR) is 118 cm³/mol. The van der Waals surface area contributed by atoms with Crippen molar-refractivity contribution < 1.29 is 23.8 Å². The van der Waals surface area contributed by atoms with Crippen LogP contribution in [0.25, 0.3) is 6.08 Å². The molecule has 0 N–H and O–H groups in total. The van der Waals surface area contributed by atoms with Gasteiger partial charge in [0.25, 0.3) is 0 Å². The van der Waals surface area contributed by atoms with Crippen LogP contribution in [-0.4, -0.2) is 25.7 Å². The molecular formula is C25H30O5. The van der Waals surface area contributed by atoms with Gasteiger partial charge >= 0.3 is 11.9 Å². The van der Waals surface area contributed by atoms with Gasteiger partial charge in [-0.05, 0) is 48.2 Å². The largest absolute Gasteiger partial charge is 0.497 e. The maximum atomic E-state index is 12.5. The Morgan fingerprint density at radius 2 is 1.77 bits per heavy atom. The summed E-state index contributed by atoms with van der Waals surface area (Å²) in [5.74, 6) is 0.222. The van der Waals surface area contributed by atoms with Crippen LogP contribution < -0.4 is 9.47 Å². The molecule has 0 bridgehead atoms. The van der Waals surface area contributed by atoms with Crippen molar-refractivity contribution >= 4 is 18.0 Å². The van der Waals surface area contributed by atoms with Crippen molar-refractivity contribution in [2.45, 2.75) is 39.5 Å². The molecule has 2 aromatic rings. The fourth-order valence-corrected chi connectivity index (χ4v) is 2.92. The third-order valence-corrected chi connectivity index (χ3v) is 4.84. The Labute approximate surface area is 178 Å². The molecule has 0 fully saturated rings. The van der Waals surface area contributed by atoms with E-state index in [0.717, 1.165) is 37.0 Å². The SMILES string of the molecule is CCCCC(CC)COC(=O)c1ccccc1OC(=O)C=Cc1ccc(OC)cc1. The number of hydrogen-bond donors (Lipinski definition) is 0. The highest BCUT2D eigenvalue weighted by atomic mass is 16.5. The molecule has 30 heavy (non-hydrogen) atoms. The van der Waals surface area contributed by atoms with E-state index >= 15 is 0 Å². The van der Waals surface area contributed by atoms with E-state index in [9.17, 15) is 9.59 Å². The number of benzene rings is 2. The third kappa shape index (κ3) is 7.39. The highest BCUT2D eigenvalue weighted by molar-refractivity contribution is 5.95. The zero-order valence-corrected chi connectivity index (χ0v) is 17.9. The lowest BCUT2D eigenvalue weighted by atomic mass is 10.0. The van der Waals surface area contributed by atoms with Crippen molar-refractivity contribution in [1.29, 1.82) is 0 Å². The van der Waals surface area contributed by atoms with Gasteiger partial charge in [-0.25, -0.2) is 9.59 Å². The summed E-state index contributed by atoms with van der Waals surface area (Å²) in [7, 11) is 1.60. The van der Waals surface area contributed by atoms with E-state index in [4.69, 9.17) is 14.2 Å². The van der Waals surface area contributed by atoms with Gasteiger partial charge in [0, 0.05) is 6.08 Å². The highest BCUT2D eigenvalue weighted by Gasteiger charge is 2.17. The normalized spacial score (nSPS) is 11.8. The second-order valence-corrected chi connectivity index (χ2v) is 7.04. The average molecular weight is 411 g/mol. The summed E-state index contributed by atoms with van der Waals surface area (Å²) in [5.41, 5.74) is 1.08. The van der Waals surface area contributed by atoms with Crippen LogP contribution in [0.4, 0.5) is 0 Å². The van der Waals surface area contributed by atoms with E-state index in [0.29, 0.717) is 12.5 Å². The molecule has 0 saturated carbocycles. The smallest absolute Gasteiger partial charge is 0.341 e. The van der Waals surface area contributed by atoms with Crippen LogP contribution in [0.2, 0.25) is 0 Å². The minimum absolute atomic E-state index is 0.188. The lowest BCUT2D eigenvalue weighted by Crippen LogP contribution is -2.15. The van der Waals surface area contributed by atoms with E-state index in [2.05, 4.69) is 13.8 Å². The molecule has 0 saturated heterocycles. The quantitative estimate of drug-likeness (QED) is 0.271. The second-order valence-electron chi connectivity index (χ2n) is 7.04. The summed E-state index contributed by atoms with van der Waals surface area (Å²) >= 11 is 0. The van der Waals surface area contributed by atoms with Gasteiger partial charge < -0.3 is 14.2 Å². The summed E-state index contributed by atoms with van der Waals surface area (Å²) in [6.45, 7) is 4.61. The Balaban J connectivity index is 1.98. The number of hydrogen-bond acceptors (Lipinski definition) is 5. The van der Waals surface area contributed by atoms with E-state index in [1.54, 1.807) is 49.6 Å². The number of para-hydroxylation sites is 1. The van der Waals surface area contributed by atoms with Gasteiger partial charge in [-0.15, -0.1) is 0 Å². The number of methoxy groups -OCH3 is 1. The number of ether oxygens (including phenoxy) is 3. The topological polar surface area (TPSA) is 61.8 Å². The Morgan fingerprint density at radius 3 is 2.43 bits per heavy atom. The maximum absolute atomic E-state index is 12.5. The van der Waals surface area contributed by atoms with Gasteiger partial charge in [-0.3, -0.25) is 0 Å². The molecular weight excluding hydrogens is 380 g/mol. The highest BCUT2D eigenvalue weighted by Crippen LogP contribution is 2.21. The molecule has 2 rings (SSSR count). The lowest BCUT2D eigenvalue weighted by molar-refractivity contribution is -0.128. The molecule has 0 spiro atoms. The van der Waals surface area contributed by atoms with Crippen molar-refractivity contribution in [3.8, 4) is 11.5 Å². The third-order valence-electron chi connectivity index (χ3n) is 4.84. The zero-order valence-electron chi connectivity index (χ0n) is 17.9. The van der Waals surface area contributed by atoms with Crippen molar-refractivity contribution in [1.82, 2.24) is 0 Å². The fourth-order valence-electron chi connectivity index (χ4n) is 2.92. The van der Waals surface area contributed by atoms with Crippen molar-refractivity contribution in [2.75, 3.05) is 13.7 Å². The molecule has 0 radical (unpaired) electrons. The monoisotopic (exact) mass is 410 g/mol. The summed E-state index contributed by atoms with van der Waals surface area (Å²) in [6.07, 6.45) is 7.19. The predicted octanol–water partition coefficient (Wildman–Crippen LogP) is 5.69. The van der Waals surface area contributed by atoms with Crippen LogP contribution in [-0.2, 0) is 9.53 Å². The Morgan fingerprint density at radius 1 is 1.03 bits per heavy atom. The van der Waals surface area contributed by atoms with E-state index in [1.165, 1.54) is 6.08 Å². The molecule has 1 atom stereocenters. The van der Waals surface area contributed by atoms with E-state index in [-0.39, 0.29) is 11.3 Å². The van der Waals surface area contributed by atoms with Crippen LogP contribution in [0.1, 0.15) is 55.5 Å². The van der Waals surface area contributed by atoms with Crippen molar-refractivity contribution in [3.05, 3.63) is 65.7 Å². The van der Waals surface area contributed by atoms with Gasteiger partial charge in [0.2, 0.25) is 0 Å². The van der Waals surface area contributed by atoms with Crippen LogP contribution in [0.15, 0.2) is 54.6 Å². The first kappa shape index (κ1) is 23.2. The maximum Gasteiger partial charge on any atom is 0.341 e. The summed E-state index contributed by atoms with van der Waals surface area (Å²) in [5, 5.41) is 0. The Bertz CT molecular complexity index is 839. The molecule has 0 aliphatic carbocycles. The average Bonchev–Trinajstić information content (AvgIpc) is 2.78. The van der Waals surface area contributed by atoms with Crippen LogP contribution >= 0.6 is 0 Å². The minimum Gasteiger partial charge on any atom is -0.497 e. The summed E-state index contributed by atoms with van der Waals surface area (Å²) < 4.78 is 16.0.